The molecule has 1 aromatic carbocycles. The summed E-state index contributed by atoms with van der Waals surface area (Å²) in [5, 5.41) is 10.4. The van der Waals surface area contributed by atoms with Crippen LogP contribution >= 0.6 is 0 Å². The van der Waals surface area contributed by atoms with Crippen molar-refractivity contribution in [3.63, 3.8) is 0 Å². The molecule has 1 N–H and O–H groups in total. The molecule has 1 saturated heterocycles. The van der Waals surface area contributed by atoms with E-state index in [1.807, 2.05) is 18.2 Å². The molecule has 1 unspecified atom stereocenters. The number of fused-ring (bicyclic) bond motifs is 1. The summed E-state index contributed by atoms with van der Waals surface area (Å²) in [6, 6.07) is 5.75. The van der Waals surface area contributed by atoms with Gasteiger partial charge in [0, 0.05) is 6.54 Å². The van der Waals surface area contributed by atoms with Gasteiger partial charge in [0.2, 0.25) is 0 Å². The van der Waals surface area contributed by atoms with Crippen LogP contribution in [0.3, 0.4) is 0 Å². The third kappa shape index (κ3) is 3.25. The number of aliphatic hydroxyl groups is 1. The van der Waals surface area contributed by atoms with Crippen molar-refractivity contribution in [1.29, 1.82) is 0 Å². The molecule has 110 valence electrons. The van der Waals surface area contributed by atoms with E-state index in [1.54, 1.807) is 0 Å². The third-order valence-electron chi connectivity index (χ3n) is 4.08. The summed E-state index contributed by atoms with van der Waals surface area (Å²) in [4.78, 5) is 2.37. The molecular formula is C16H23NO3. The molecule has 1 atom stereocenters. The Hall–Kier alpha value is -1.26. The first-order valence-corrected chi connectivity index (χ1v) is 7.63. The zero-order chi connectivity index (χ0) is 13.8. The maximum Gasteiger partial charge on any atom is 0.161 e. The highest BCUT2D eigenvalue weighted by molar-refractivity contribution is 5.44. The van der Waals surface area contributed by atoms with Crippen LogP contribution in [0.4, 0.5) is 0 Å². The van der Waals surface area contributed by atoms with Gasteiger partial charge in [-0.15, -0.1) is 0 Å². The first-order valence-electron chi connectivity index (χ1n) is 7.63. The molecule has 0 saturated carbocycles. The van der Waals surface area contributed by atoms with E-state index in [1.165, 1.54) is 25.7 Å². The molecule has 0 bridgehead atoms. The number of ether oxygens (including phenoxy) is 2. The topological polar surface area (TPSA) is 41.9 Å². The van der Waals surface area contributed by atoms with Gasteiger partial charge in [0.25, 0.3) is 0 Å². The Morgan fingerprint density at radius 3 is 2.45 bits per heavy atom. The molecule has 2 aliphatic rings. The highest BCUT2D eigenvalue weighted by atomic mass is 16.6. The van der Waals surface area contributed by atoms with Crippen LogP contribution in [-0.2, 0) is 0 Å². The standard InChI is InChI=1S/C16H23NO3/c18-14(12-17-7-3-1-2-4-8-17)13-5-6-15-16(11-13)20-10-9-19-15/h5-6,11,14,18H,1-4,7-10,12H2. The molecule has 1 aromatic rings. The molecule has 4 nitrogen and oxygen atoms in total. The molecular weight excluding hydrogens is 254 g/mol. The number of rotatable bonds is 3. The van der Waals surface area contributed by atoms with E-state index in [9.17, 15) is 5.11 Å². The van der Waals surface area contributed by atoms with Crippen molar-refractivity contribution in [2.24, 2.45) is 0 Å². The van der Waals surface area contributed by atoms with Gasteiger partial charge >= 0.3 is 0 Å². The predicted octanol–water partition coefficient (Wildman–Crippen LogP) is 2.37. The minimum atomic E-state index is -0.455. The summed E-state index contributed by atoms with van der Waals surface area (Å²) in [5.74, 6) is 1.53. The van der Waals surface area contributed by atoms with Crippen molar-refractivity contribution in [2.75, 3.05) is 32.8 Å². The zero-order valence-corrected chi connectivity index (χ0v) is 11.9. The molecule has 0 spiro atoms. The highest BCUT2D eigenvalue weighted by Gasteiger charge is 2.18. The van der Waals surface area contributed by atoms with Gasteiger partial charge < -0.3 is 19.5 Å². The second-order valence-corrected chi connectivity index (χ2v) is 5.63. The molecule has 0 radical (unpaired) electrons. The van der Waals surface area contributed by atoms with Crippen molar-refractivity contribution in [2.45, 2.75) is 31.8 Å². The molecule has 1 fully saturated rings. The number of hydrogen-bond acceptors (Lipinski definition) is 4. The fraction of sp³-hybridized carbons (Fsp3) is 0.625. The van der Waals surface area contributed by atoms with Gasteiger partial charge in [0.15, 0.2) is 11.5 Å². The minimum absolute atomic E-state index is 0.455. The van der Waals surface area contributed by atoms with Gasteiger partial charge in [-0.3, -0.25) is 0 Å². The Kier molecular flexibility index (Phi) is 4.43. The van der Waals surface area contributed by atoms with E-state index >= 15 is 0 Å². The first kappa shape index (κ1) is 13.7. The fourth-order valence-corrected chi connectivity index (χ4v) is 2.94. The summed E-state index contributed by atoms with van der Waals surface area (Å²) in [7, 11) is 0. The minimum Gasteiger partial charge on any atom is -0.486 e. The number of likely N-dealkylation sites (tertiary alicyclic amines) is 1. The zero-order valence-electron chi connectivity index (χ0n) is 11.9. The van der Waals surface area contributed by atoms with Crippen LogP contribution < -0.4 is 9.47 Å². The van der Waals surface area contributed by atoms with Crippen LogP contribution in [0.1, 0.15) is 37.4 Å². The Balaban J connectivity index is 1.65. The Bertz CT molecular complexity index is 441. The third-order valence-corrected chi connectivity index (χ3v) is 4.08. The average molecular weight is 277 g/mol. The van der Waals surface area contributed by atoms with Crippen molar-refractivity contribution in [3.05, 3.63) is 23.8 Å². The Morgan fingerprint density at radius 2 is 1.70 bits per heavy atom. The molecule has 20 heavy (non-hydrogen) atoms. The van der Waals surface area contributed by atoms with E-state index in [0.29, 0.717) is 19.8 Å². The van der Waals surface area contributed by atoms with E-state index in [0.717, 1.165) is 30.2 Å². The lowest BCUT2D eigenvalue weighted by atomic mass is 10.1. The predicted molar refractivity (Wildman–Crippen MR) is 77.3 cm³/mol. The van der Waals surface area contributed by atoms with Gasteiger partial charge in [-0.1, -0.05) is 18.9 Å². The lowest BCUT2D eigenvalue weighted by Gasteiger charge is -2.24. The molecule has 3 rings (SSSR count). The van der Waals surface area contributed by atoms with Crippen molar-refractivity contribution in [1.82, 2.24) is 4.90 Å². The van der Waals surface area contributed by atoms with E-state index in [-0.39, 0.29) is 0 Å². The smallest absolute Gasteiger partial charge is 0.161 e. The quantitative estimate of drug-likeness (QED) is 0.921. The SMILES string of the molecule is OC(CN1CCCCCC1)c1ccc2c(c1)OCCO2. The van der Waals surface area contributed by atoms with E-state index in [2.05, 4.69) is 4.90 Å². The summed E-state index contributed by atoms with van der Waals surface area (Å²) >= 11 is 0. The lowest BCUT2D eigenvalue weighted by Crippen LogP contribution is -2.29. The second-order valence-electron chi connectivity index (χ2n) is 5.63. The van der Waals surface area contributed by atoms with Crippen molar-refractivity contribution in [3.8, 4) is 11.5 Å². The van der Waals surface area contributed by atoms with Crippen LogP contribution in [-0.4, -0.2) is 42.9 Å². The van der Waals surface area contributed by atoms with Crippen LogP contribution in [0, 0.1) is 0 Å². The fourth-order valence-electron chi connectivity index (χ4n) is 2.94. The van der Waals surface area contributed by atoms with Crippen molar-refractivity contribution >= 4 is 0 Å². The number of nitrogens with zero attached hydrogens (tertiary/aromatic N) is 1. The summed E-state index contributed by atoms with van der Waals surface area (Å²) in [6.45, 7) is 4.09. The summed E-state index contributed by atoms with van der Waals surface area (Å²) in [6.07, 6.45) is 4.67. The summed E-state index contributed by atoms with van der Waals surface area (Å²) < 4.78 is 11.1. The van der Waals surface area contributed by atoms with E-state index in [4.69, 9.17) is 9.47 Å². The monoisotopic (exact) mass is 277 g/mol. The van der Waals surface area contributed by atoms with Crippen LogP contribution in [0.2, 0.25) is 0 Å². The van der Waals surface area contributed by atoms with Gasteiger partial charge in [0.1, 0.15) is 13.2 Å². The largest absolute Gasteiger partial charge is 0.486 e. The molecule has 4 heteroatoms. The van der Waals surface area contributed by atoms with Gasteiger partial charge in [0.05, 0.1) is 6.10 Å². The molecule has 2 aliphatic heterocycles. The lowest BCUT2D eigenvalue weighted by molar-refractivity contribution is 0.114. The van der Waals surface area contributed by atoms with Crippen LogP contribution in [0.5, 0.6) is 11.5 Å². The number of β-amino-alcohol motifs (C(OH)–C–C–N with tert-alkyl or cyclic N) is 1. The molecule has 0 amide bonds. The summed E-state index contributed by atoms with van der Waals surface area (Å²) in [5.41, 5.74) is 0.915. The molecule has 0 aliphatic carbocycles. The Labute approximate surface area is 120 Å². The maximum atomic E-state index is 10.4. The van der Waals surface area contributed by atoms with Gasteiger partial charge in [-0.2, -0.15) is 0 Å². The first-order chi connectivity index (χ1) is 9.83. The van der Waals surface area contributed by atoms with Crippen molar-refractivity contribution < 1.29 is 14.6 Å². The maximum absolute atomic E-state index is 10.4. The van der Waals surface area contributed by atoms with Crippen LogP contribution in [0.15, 0.2) is 18.2 Å². The van der Waals surface area contributed by atoms with Crippen LogP contribution in [0.25, 0.3) is 0 Å². The Morgan fingerprint density at radius 1 is 1.00 bits per heavy atom. The number of aliphatic hydroxyl groups excluding tert-OH is 1. The second kappa shape index (κ2) is 6.46. The highest BCUT2D eigenvalue weighted by Crippen LogP contribution is 2.32. The number of hydrogen-bond donors (Lipinski definition) is 1. The number of benzene rings is 1. The molecule has 2 heterocycles. The normalized spacial score (nSPS) is 21.2. The average Bonchev–Trinajstić information content (AvgIpc) is 2.75. The van der Waals surface area contributed by atoms with Gasteiger partial charge in [-0.25, -0.2) is 0 Å². The van der Waals surface area contributed by atoms with E-state index < -0.39 is 6.10 Å². The molecule has 0 aromatic heterocycles. The van der Waals surface area contributed by atoms with Gasteiger partial charge in [-0.05, 0) is 43.6 Å².